The van der Waals surface area contributed by atoms with Gasteiger partial charge in [0.05, 0.1) is 25.0 Å². The molecule has 21 heavy (non-hydrogen) atoms. The monoisotopic (exact) mass is 288 g/mol. The fourth-order valence-corrected chi connectivity index (χ4v) is 1.95. The molecule has 0 aliphatic heterocycles. The van der Waals surface area contributed by atoms with Gasteiger partial charge < -0.3 is 15.4 Å². The molecule has 6 nitrogen and oxygen atoms in total. The van der Waals surface area contributed by atoms with E-state index >= 15 is 0 Å². The van der Waals surface area contributed by atoms with Crippen molar-refractivity contribution in [1.82, 2.24) is 9.78 Å². The van der Waals surface area contributed by atoms with E-state index in [9.17, 15) is 4.79 Å². The number of benzene rings is 1. The topological polar surface area (TPSA) is 73.4 Å². The molecule has 0 atom stereocenters. The van der Waals surface area contributed by atoms with Gasteiger partial charge in [-0.25, -0.2) is 4.68 Å². The van der Waals surface area contributed by atoms with Crippen LogP contribution >= 0.6 is 0 Å². The molecule has 0 amide bonds. The minimum absolute atomic E-state index is 0.153. The van der Waals surface area contributed by atoms with Gasteiger partial charge in [-0.2, -0.15) is 5.10 Å². The number of aromatic nitrogens is 2. The first-order valence-electron chi connectivity index (χ1n) is 6.72. The number of anilines is 2. The maximum absolute atomic E-state index is 12.1. The second-order valence-corrected chi connectivity index (χ2v) is 4.82. The van der Waals surface area contributed by atoms with Crippen LogP contribution in [0.15, 0.2) is 41.3 Å². The highest BCUT2D eigenvalue weighted by atomic mass is 16.5. The van der Waals surface area contributed by atoms with Crippen molar-refractivity contribution in [3.8, 4) is 0 Å². The molecule has 0 fully saturated rings. The lowest BCUT2D eigenvalue weighted by Crippen LogP contribution is -2.28. The van der Waals surface area contributed by atoms with E-state index in [0.29, 0.717) is 25.4 Å². The molecule has 112 valence electrons. The third-order valence-electron chi connectivity index (χ3n) is 3.30. The third kappa shape index (κ3) is 3.82. The number of rotatable bonds is 6. The Balaban J connectivity index is 2.16. The highest BCUT2D eigenvalue weighted by Crippen LogP contribution is 2.12. The zero-order chi connectivity index (χ0) is 15.2. The summed E-state index contributed by atoms with van der Waals surface area (Å²) < 4.78 is 6.42. The molecule has 2 aromatic rings. The number of nitrogens with two attached hydrogens (primary N) is 1. The summed E-state index contributed by atoms with van der Waals surface area (Å²) in [5, 5.41) is 4.21. The van der Waals surface area contributed by atoms with Gasteiger partial charge >= 0.3 is 0 Å². The fourth-order valence-electron chi connectivity index (χ4n) is 1.95. The van der Waals surface area contributed by atoms with E-state index in [1.54, 1.807) is 19.4 Å². The van der Waals surface area contributed by atoms with Crippen molar-refractivity contribution >= 4 is 11.4 Å². The van der Waals surface area contributed by atoms with Crippen molar-refractivity contribution in [1.29, 1.82) is 0 Å². The summed E-state index contributed by atoms with van der Waals surface area (Å²) in [4.78, 5) is 14.1. The van der Waals surface area contributed by atoms with Crippen LogP contribution in [-0.4, -0.2) is 37.1 Å². The van der Waals surface area contributed by atoms with Gasteiger partial charge in [0.15, 0.2) is 0 Å². The minimum Gasteiger partial charge on any atom is -0.398 e. The Morgan fingerprint density at radius 3 is 2.81 bits per heavy atom. The second-order valence-electron chi connectivity index (χ2n) is 4.82. The lowest BCUT2D eigenvalue weighted by Gasteiger charge is -2.18. The number of methoxy groups -OCH3 is 1. The molecule has 0 radical (unpaired) electrons. The quantitative estimate of drug-likeness (QED) is 0.801. The number of hydrogen-bond acceptors (Lipinski definition) is 5. The van der Waals surface area contributed by atoms with E-state index in [1.807, 2.05) is 36.2 Å². The van der Waals surface area contributed by atoms with Crippen molar-refractivity contribution in [2.24, 2.45) is 0 Å². The standard InChI is InChI=1S/C15H20N4O2/c1-18(7-8-21-2)13-9-15(20)19(17-10-13)11-12-5-3-4-6-14(12)16/h3-6,9-10H,7-8,11,16H2,1-2H3. The zero-order valence-corrected chi connectivity index (χ0v) is 12.3. The van der Waals surface area contributed by atoms with Crippen LogP contribution in [0, 0.1) is 0 Å². The van der Waals surface area contributed by atoms with Crippen LogP contribution in [0.3, 0.4) is 0 Å². The molecule has 0 aliphatic rings. The van der Waals surface area contributed by atoms with Crippen molar-refractivity contribution in [3.63, 3.8) is 0 Å². The lowest BCUT2D eigenvalue weighted by molar-refractivity contribution is 0.206. The van der Waals surface area contributed by atoms with Gasteiger partial charge in [-0.1, -0.05) is 18.2 Å². The average molecular weight is 288 g/mol. The van der Waals surface area contributed by atoms with E-state index in [1.165, 1.54) is 4.68 Å². The number of para-hydroxylation sites is 1. The molecule has 0 aliphatic carbocycles. The maximum Gasteiger partial charge on any atom is 0.269 e. The Bertz CT molecular complexity index is 654. The first-order valence-corrected chi connectivity index (χ1v) is 6.72. The van der Waals surface area contributed by atoms with E-state index in [0.717, 1.165) is 11.3 Å². The highest BCUT2D eigenvalue weighted by Gasteiger charge is 2.06. The summed E-state index contributed by atoms with van der Waals surface area (Å²) in [6.45, 7) is 1.67. The summed E-state index contributed by atoms with van der Waals surface area (Å²) in [5.41, 5.74) is 8.05. The van der Waals surface area contributed by atoms with Gasteiger partial charge in [-0.3, -0.25) is 4.79 Å². The molecule has 0 saturated heterocycles. The van der Waals surface area contributed by atoms with Gasteiger partial charge in [0.25, 0.3) is 5.56 Å². The Morgan fingerprint density at radius 2 is 2.14 bits per heavy atom. The number of likely N-dealkylation sites (N-methyl/N-ethyl adjacent to an activating group) is 1. The SMILES string of the molecule is COCCN(C)c1cnn(Cc2ccccc2N)c(=O)c1. The normalized spacial score (nSPS) is 10.6. The predicted molar refractivity (Wildman–Crippen MR) is 83.6 cm³/mol. The van der Waals surface area contributed by atoms with Crippen LogP contribution < -0.4 is 16.2 Å². The van der Waals surface area contributed by atoms with Crippen LogP contribution in [0.1, 0.15) is 5.56 Å². The first-order chi connectivity index (χ1) is 10.1. The van der Waals surface area contributed by atoms with Crippen LogP contribution in [0.2, 0.25) is 0 Å². The van der Waals surface area contributed by atoms with E-state index < -0.39 is 0 Å². The molecule has 6 heteroatoms. The molecular formula is C15H20N4O2. The van der Waals surface area contributed by atoms with Crippen molar-refractivity contribution in [2.45, 2.75) is 6.54 Å². The molecule has 0 unspecified atom stereocenters. The molecule has 0 bridgehead atoms. The molecule has 1 heterocycles. The zero-order valence-electron chi connectivity index (χ0n) is 12.3. The summed E-state index contributed by atoms with van der Waals surface area (Å²) in [5.74, 6) is 0. The molecule has 0 spiro atoms. The molecular weight excluding hydrogens is 268 g/mol. The van der Waals surface area contributed by atoms with Gasteiger partial charge in [-0.15, -0.1) is 0 Å². The van der Waals surface area contributed by atoms with Crippen LogP contribution in [0.5, 0.6) is 0 Å². The minimum atomic E-state index is -0.153. The highest BCUT2D eigenvalue weighted by molar-refractivity contribution is 5.46. The number of hydrogen-bond donors (Lipinski definition) is 1. The van der Waals surface area contributed by atoms with Crippen LogP contribution in [0.25, 0.3) is 0 Å². The van der Waals surface area contributed by atoms with Gasteiger partial charge in [0.2, 0.25) is 0 Å². The number of nitrogen functional groups attached to an aromatic ring is 1. The predicted octanol–water partition coefficient (Wildman–Crippen LogP) is 0.956. The number of ether oxygens (including phenoxy) is 1. The lowest BCUT2D eigenvalue weighted by atomic mass is 10.2. The average Bonchev–Trinajstić information content (AvgIpc) is 2.49. The summed E-state index contributed by atoms with van der Waals surface area (Å²) >= 11 is 0. The third-order valence-corrected chi connectivity index (χ3v) is 3.30. The second kappa shape index (κ2) is 6.90. The van der Waals surface area contributed by atoms with Gasteiger partial charge in [0, 0.05) is 32.5 Å². The largest absolute Gasteiger partial charge is 0.398 e. The molecule has 2 N–H and O–H groups in total. The summed E-state index contributed by atoms with van der Waals surface area (Å²) in [6.07, 6.45) is 1.68. The Kier molecular flexibility index (Phi) is 4.94. The summed E-state index contributed by atoms with van der Waals surface area (Å²) in [6, 6.07) is 9.03. The fraction of sp³-hybridized carbons (Fsp3) is 0.333. The maximum atomic E-state index is 12.1. The Labute approximate surface area is 123 Å². The van der Waals surface area contributed by atoms with Crippen LogP contribution in [0.4, 0.5) is 11.4 Å². The molecule has 0 saturated carbocycles. The Hall–Kier alpha value is -2.34. The van der Waals surface area contributed by atoms with Gasteiger partial charge in [-0.05, 0) is 11.6 Å². The molecule has 1 aromatic heterocycles. The molecule has 2 rings (SSSR count). The van der Waals surface area contributed by atoms with Gasteiger partial charge in [0.1, 0.15) is 0 Å². The van der Waals surface area contributed by atoms with Crippen molar-refractivity contribution in [2.75, 3.05) is 37.9 Å². The summed E-state index contributed by atoms with van der Waals surface area (Å²) in [7, 11) is 3.54. The van der Waals surface area contributed by atoms with Crippen LogP contribution in [-0.2, 0) is 11.3 Å². The first kappa shape index (κ1) is 15.1. The van der Waals surface area contributed by atoms with E-state index in [2.05, 4.69) is 5.10 Å². The van der Waals surface area contributed by atoms with Crippen molar-refractivity contribution in [3.05, 3.63) is 52.4 Å². The van der Waals surface area contributed by atoms with Crippen molar-refractivity contribution < 1.29 is 4.74 Å². The van der Waals surface area contributed by atoms with E-state index in [-0.39, 0.29) is 5.56 Å². The number of nitrogens with zero attached hydrogens (tertiary/aromatic N) is 3. The smallest absolute Gasteiger partial charge is 0.269 e. The molecule has 1 aromatic carbocycles. The van der Waals surface area contributed by atoms with E-state index in [4.69, 9.17) is 10.5 Å². The Morgan fingerprint density at radius 1 is 1.38 bits per heavy atom.